The molecule has 0 spiro atoms. The van der Waals surface area contributed by atoms with Gasteiger partial charge >= 0.3 is 0 Å². The van der Waals surface area contributed by atoms with Crippen molar-refractivity contribution in [3.8, 4) is 6.07 Å². The number of thiocarbonyl (C=S) groups is 1. The lowest BCUT2D eigenvalue weighted by Crippen LogP contribution is -2.36. The van der Waals surface area contributed by atoms with Gasteiger partial charge in [0.25, 0.3) is 0 Å². The summed E-state index contributed by atoms with van der Waals surface area (Å²) in [5.74, 6) is 0. The van der Waals surface area contributed by atoms with Gasteiger partial charge in [0.1, 0.15) is 4.99 Å². The lowest BCUT2D eigenvalue weighted by atomic mass is 9.88. The second kappa shape index (κ2) is 8.45. The van der Waals surface area contributed by atoms with E-state index in [0.717, 1.165) is 60.6 Å². The minimum atomic E-state index is 0.727. The summed E-state index contributed by atoms with van der Waals surface area (Å²) in [7, 11) is 0. The first-order valence-electron chi connectivity index (χ1n) is 10.8. The summed E-state index contributed by atoms with van der Waals surface area (Å²) in [4.78, 5) is 8.07. The molecule has 0 N–H and O–H groups in total. The molecule has 0 bridgehead atoms. The summed E-state index contributed by atoms with van der Waals surface area (Å²) in [6.45, 7) is 1.83. The molecule has 1 saturated heterocycles. The van der Waals surface area contributed by atoms with Gasteiger partial charge in [-0.05, 0) is 60.6 Å². The van der Waals surface area contributed by atoms with Crippen LogP contribution in [0.4, 0.5) is 0 Å². The van der Waals surface area contributed by atoms with Gasteiger partial charge in [-0.3, -0.25) is 4.98 Å². The van der Waals surface area contributed by atoms with Crippen molar-refractivity contribution in [2.24, 2.45) is 0 Å². The number of pyridine rings is 1. The summed E-state index contributed by atoms with van der Waals surface area (Å²) < 4.78 is 0. The first-order chi connectivity index (χ1) is 15.2. The zero-order valence-corrected chi connectivity index (χ0v) is 18.2. The Kier molecular flexibility index (Phi) is 5.36. The van der Waals surface area contributed by atoms with Crippen LogP contribution in [0, 0.1) is 11.3 Å². The summed E-state index contributed by atoms with van der Waals surface area (Å²) in [5, 5.41) is 9.38. The van der Waals surface area contributed by atoms with Crippen molar-refractivity contribution < 1.29 is 0 Å². The maximum absolute atomic E-state index is 9.38. The van der Waals surface area contributed by atoms with Crippen LogP contribution >= 0.6 is 12.2 Å². The molecule has 5 rings (SSSR count). The van der Waals surface area contributed by atoms with Crippen LogP contribution in [-0.2, 0) is 12.8 Å². The molecule has 0 saturated carbocycles. The van der Waals surface area contributed by atoms with E-state index < -0.39 is 0 Å². The topological polar surface area (TPSA) is 39.9 Å². The van der Waals surface area contributed by atoms with E-state index in [1.807, 2.05) is 36.5 Å². The Hall–Kier alpha value is -3.29. The van der Waals surface area contributed by atoms with Crippen LogP contribution in [-0.4, -0.2) is 28.0 Å². The van der Waals surface area contributed by atoms with Crippen LogP contribution in [0.3, 0.4) is 0 Å². The Bertz CT molecular complexity index is 1210. The lowest BCUT2D eigenvalue weighted by Gasteiger charge is -2.32. The van der Waals surface area contributed by atoms with E-state index in [1.165, 1.54) is 27.8 Å². The molecule has 1 aromatic heterocycles. The smallest absolute Gasteiger partial charge is 0.109 e. The number of hydrogen-bond donors (Lipinski definition) is 0. The maximum atomic E-state index is 9.38. The predicted molar refractivity (Wildman–Crippen MR) is 128 cm³/mol. The molecule has 0 unspecified atom stereocenters. The molecule has 2 aliphatic rings. The predicted octanol–water partition coefficient (Wildman–Crippen LogP) is 5.33. The fourth-order valence-corrected chi connectivity index (χ4v) is 5.05. The summed E-state index contributed by atoms with van der Waals surface area (Å²) in [6.07, 6.45) is 5.72. The summed E-state index contributed by atoms with van der Waals surface area (Å²) >= 11 is 5.78. The largest absolute Gasteiger partial charge is 0.362 e. The molecule has 31 heavy (non-hydrogen) atoms. The normalized spacial score (nSPS) is 15.5. The molecule has 0 atom stereocenters. The molecular formula is C27H23N3S. The zero-order chi connectivity index (χ0) is 21.2. The number of likely N-dealkylation sites (tertiary alicyclic amines) is 1. The molecular weight excluding hydrogens is 398 g/mol. The highest BCUT2D eigenvalue weighted by Gasteiger charge is 2.26. The van der Waals surface area contributed by atoms with E-state index >= 15 is 0 Å². The molecule has 3 aromatic rings. The summed E-state index contributed by atoms with van der Waals surface area (Å²) in [6, 6.07) is 22.9. The molecule has 1 fully saturated rings. The van der Waals surface area contributed by atoms with Gasteiger partial charge in [-0.2, -0.15) is 5.26 Å². The van der Waals surface area contributed by atoms with Crippen molar-refractivity contribution in [1.82, 2.24) is 9.88 Å². The minimum absolute atomic E-state index is 0.727. The third-order valence-electron chi connectivity index (χ3n) is 6.32. The van der Waals surface area contributed by atoms with Crippen LogP contribution in [0.15, 0.2) is 72.4 Å². The van der Waals surface area contributed by atoms with E-state index in [1.54, 1.807) is 0 Å². The van der Waals surface area contributed by atoms with Crippen molar-refractivity contribution in [1.29, 1.82) is 5.26 Å². The van der Waals surface area contributed by atoms with E-state index in [0.29, 0.717) is 0 Å². The number of nitrogens with zero attached hydrogens (tertiary/aromatic N) is 3. The fourth-order valence-electron chi connectivity index (χ4n) is 4.73. The van der Waals surface area contributed by atoms with E-state index in [4.69, 9.17) is 17.2 Å². The number of fused-ring (bicyclic) bond motifs is 2. The number of aromatic nitrogens is 1. The fraction of sp³-hybridized carbons (Fsp3) is 0.222. The zero-order valence-electron chi connectivity index (χ0n) is 17.3. The van der Waals surface area contributed by atoms with Crippen LogP contribution in [0.2, 0.25) is 0 Å². The molecule has 2 heterocycles. The Morgan fingerprint density at radius 2 is 1.68 bits per heavy atom. The number of nitriles is 1. The number of hydrogen-bond acceptors (Lipinski definition) is 3. The summed E-state index contributed by atoms with van der Waals surface area (Å²) in [5.41, 5.74) is 9.46. The average molecular weight is 422 g/mol. The Morgan fingerprint density at radius 3 is 2.45 bits per heavy atom. The number of rotatable bonds is 1. The van der Waals surface area contributed by atoms with Gasteiger partial charge < -0.3 is 4.90 Å². The van der Waals surface area contributed by atoms with Gasteiger partial charge in [0.05, 0.1) is 17.3 Å². The number of aryl methyl sites for hydroxylation is 2. The first-order valence-corrected chi connectivity index (χ1v) is 11.2. The van der Waals surface area contributed by atoms with Crippen LogP contribution in [0.5, 0.6) is 0 Å². The number of benzene rings is 2. The van der Waals surface area contributed by atoms with Crippen molar-refractivity contribution >= 4 is 22.8 Å². The van der Waals surface area contributed by atoms with Gasteiger partial charge in [0, 0.05) is 30.4 Å². The monoisotopic (exact) mass is 421 g/mol. The molecule has 1 aliphatic heterocycles. The van der Waals surface area contributed by atoms with E-state index in [-0.39, 0.29) is 0 Å². The quantitative estimate of drug-likeness (QED) is 0.498. The second-order valence-corrected chi connectivity index (χ2v) is 8.52. The highest BCUT2D eigenvalue weighted by Crippen LogP contribution is 2.38. The molecule has 4 heteroatoms. The molecule has 0 radical (unpaired) electrons. The van der Waals surface area contributed by atoms with Crippen molar-refractivity contribution in [3.63, 3.8) is 0 Å². The first kappa shape index (κ1) is 19.7. The maximum Gasteiger partial charge on any atom is 0.109 e. The second-order valence-electron chi connectivity index (χ2n) is 8.13. The third kappa shape index (κ3) is 3.78. The molecule has 152 valence electrons. The third-order valence-corrected chi connectivity index (χ3v) is 6.82. The van der Waals surface area contributed by atoms with Crippen molar-refractivity contribution in [2.45, 2.75) is 25.7 Å². The highest BCUT2D eigenvalue weighted by molar-refractivity contribution is 7.80. The van der Waals surface area contributed by atoms with Gasteiger partial charge in [0.2, 0.25) is 0 Å². The van der Waals surface area contributed by atoms with Crippen LogP contribution in [0.25, 0.3) is 5.57 Å². The van der Waals surface area contributed by atoms with Crippen molar-refractivity contribution in [2.75, 3.05) is 13.1 Å². The Balaban J connectivity index is 1.52. The van der Waals surface area contributed by atoms with Gasteiger partial charge in [0.15, 0.2) is 0 Å². The SMILES string of the molecule is N#Cc1ccc2c(c1)CCc1cccnc1C2=C1CCN(C(=S)c2ccccc2)CC1. The van der Waals surface area contributed by atoms with Gasteiger partial charge in [-0.25, -0.2) is 0 Å². The van der Waals surface area contributed by atoms with E-state index in [9.17, 15) is 5.26 Å². The number of piperidine rings is 1. The molecule has 3 nitrogen and oxygen atoms in total. The van der Waals surface area contributed by atoms with Crippen molar-refractivity contribution in [3.05, 3.63) is 106 Å². The lowest BCUT2D eigenvalue weighted by molar-refractivity contribution is 0.395. The van der Waals surface area contributed by atoms with E-state index in [2.05, 4.69) is 41.3 Å². The van der Waals surface area contributed by atoms with Crippen LogP contribution in [0.1, 0.15) is 46.4 Å². The Labute approximate surface area is 188 Å². The highest BCUT2D eigenvalue weighted by atomic mass is 32.1. The van der Waals surface area contributed by atoms with Crippen LogP contribution < -0.4 is 0 Å². The standard InChI is InChI=1S/C27H23N3S/c28-18-19-8-11-24-23(17-19)10-9-21-7-4-14-29-26(21)25(24)20-12-15-30(16-13-20)27(31)22-5-2-1-3-6-22/h1-8,11,14,17H,9-10,12-13,15-16H2. The van der Waals surface area contributed by atoms with Gasteiger partial charge in [-0.15, -0.1) is 0 Å². The van der Waals surface area contributed by atoms with Gasteiger partial charge in [-0.1, -0.05) is 60.3 Å². The molecule has 2 aromatic carbocycles. The average Bonchev–Trinajstić information content (AvgIpc) is 3.00. The Morgan fingerprint density at radius 1 is 0.903 bits per heavy atom. The minimum Gasteiger partial charge on any atom is -0.362 e. The molecule has 1 aliphatic carbocycles. The molecule has 0 amide bonds.